The van der Waals surface area contributed by atoms with Crippen LogP contribution in [0.5, 0.6) is 0 Å². The smallest absolute Gasteiger partial charge is 0.248 e. The number of amides is 3. The third-order valence-electron chi connectivity index (χ3n) is 5.77. The number of primary amides is 1. The Morgan fingerprint density at radius 2 is 1.69 bits per heavy atom. The maximum absolute atomic E-state index is 12.7. The number of nitrogens with one attached hydrogen (secondary N) is 2. The molecule has 0 heterocycles. The van der Waals surface area contributed by atoms with Gasteiger partial charge in [-0.1, -0.05) is 36.8 Å². The van der Waals surface area contributed by atoms with E-state index < -0.39 is 5.91 Å². The summed E-state index contributed by atoms with van der Waals surface area (Å²) in [7, 11) is 0. The third kappa shape index (κ3) is 6.92. The third-order valence-corrected chi connectivity index (χ3v) is 5.77. The Morgan fingerprint density at radius 3 is 2.25 bits per heavy atom. The highest BCUT2D eigenvalue weighted by Gasteiger charge is 2.33. The SMILES string of the molecule is CCN(CCC(=O)Nc1ccc(C(N)=O)cc1)CC(=O)NC(c1ccc(C)cc1)C1CC1. The van der Waals surface area contributed by atoms with Crippen molar-refractivity contribution in [3.05, 3.63) is 65.2 Å². The molecular formula is C25H32N4O3. The van der Waals surface area contributed by atoms with Crippen molar-refractivity contribution in [1.29, 1.82) is 0 Å². The molecule has 1 unspecified atom stereocenters. The van der Waals surface area contributed by atoms with Crippen LogP contribution in [0.3, 0.4) is 0 Å². The van der Waals surface area contributed by atoms with Crippen molar-refractivity contribution in [3.63, 3.8) is 0 Å². The number of hydrogen-bond donors (Lipinski definition) is 3. The van der Waals surface area contributed by atoms with E-state index in [4.69, 9.17) is 5.73 Å². The average Bonchev–Trinajstić information content (AvgIpc) is 3.61. The van der Waals surface area contributed by atoms with Gasteiger partial charge in [0.1, 0.15) is 0 Å². The predicted molar refractivity (Wildman–Crippen MR) is 125 cm³/mol. The molecular weight excluding hydrogens is 404 g/mol. The summed E-state index contributed by atoms with van der Waals surface area (Å²) in [5.41, 5.74) is 8.57. The molecule has 0 radical (unpaired) electrons. The van der Waals surface area contributed by atoms with Crippen molar-refractivity contribution < 1.29 is 14.4 Å². The summed E-state index contributed by atoms with van der Waals surface area (Å²) in [5.74, 6) is -0.174. The molecule has 7 heteroatoms. The van der Waals surface area contributed by atoms with Crippen LogP contribution in [0.1, 0.15) is 53.7 Å². The Balaban J connectivity index is 1.47. The van der Waals surface area contributed by atoms with Gasteiger partial charge in [-0.2, -0.15) is 0 Å². The highest BCUT2D eigenvalue weighted by molar-refractivity contribution is 5.94. The molecule has 0 bridgehead atoms. The van der Waals surface area contributed by atoms with Crippen LogP contribution in [0.15, 0.2) is 48.5 Å². The molecule has 7 nitrogen and oxygen atoms in total. The number of rotatable bonds is 11. The zero-order valence-corrected chi connectivity index (χ0v) is 18.8. The fourth-order valence-electron chi connectivity index (χ4n) is 3.65. The Hall–Kier alpha value is -3.19. The van der Waals surface area contributed by atoms with Crippen LogP contribution in [0.25, 0.3) is 0 Å². The van der Waals surface area contributed by atoms with Gasteiger partial charge in [0.05, 0.1) is 12.6 Å². The van der Waals surface area contributed by atoms with Crippen LogP contribution in [-0.2, 0) is 9.59 Å². The van der Waals surface area contributed by atoms with Gasteiger partial charge in [0.15, 0.2) is 0 Å². The molecule has 0 saturated heterocycles. The van der Waals surface area contributed by atoms with Crippen molar-refractivity contribution >= 4 is 23.4 Å². The summed E-state index contributed by atoms with van der Waals surface area (Å²) in [6.07, 6.45) is 2.54. The molecule has 3 rings (SSSR count). The molecule has 1 fully saturated rings. The number of likely N-dealkylation sites (N-methyl/N-ethyl adjacent to an activating group) is 1. The molecule has 3 amide bonds. The minimum Gasteiger partial charge on any atom is -0.366 e. The van der Waals surface area contributed by atoms with Crippen molar-refractivity contribution in [2.45, 2.75) is 39.2 Å². The van der Waals surface area contributed by atoms with Gasteiger partial charge in [-0.15, -0.1) is 0 Å². The Bertz CT molecular complexity index is 937. The largest absolute Gasteiger partial charge is 0.366 e. The van der Waals surface area contributed by atoms with E-state index in [1.165, 1.54) is 5.56 Å². The van der Waals surface area contributed by atoms with Crippen molar-refractivity contribution in [2.24, 2.45) is 11.7 Å². The molecule has 1 aliphatic carbocycles. The van der Waals surface area contributed by atoms with Crippen LogP contribution in [0.4, 0.5) is 5.69 Å². The van der Waals surface area contributed by atoms with E-state index in [2.05, 4.69) is 41.8 Å². The quantitative estimate of drug-likeness (QED) is 0.504. The second-order valence-electron chi connectivity index (χ2n) is 8.40. The molecule has 32 heavy (non-hydrogen) atoms. The first-order chi connectivity index (χ1) is 15.4. The number of nitrogens with zero attached hydrogens (tertiary/aromatic N) is 1. The molecule has 170 valence electrons. The molecule has 0 aromatic heterocycles. The summed E-state index contributed by atoms with van der Waals surface area (Å²) >= 11 is 0. The Labute approximate surface area is 189 Å². The van der Waals surface area contributed by atoms with Crippen molar-refractivity contribution in [1.82, 2.24) is 10.2 Å². The summed E-state index contributed by atoms with van der Waals surface area (Å²) in [6.45, 7) is 5.44. The zero-order valence-electron chi connectivity index (χ0n) is 18.8. The van der Waals surface area contributed by atoms with E-state index in [9.17, 15) is 14.4 Å². The number of anilines is 1. The molecule has 1 atom stereocenters. The van der Waals surface area contributed by atoms with Gasteiger partial charge in [-0.3, -0.25) is 19.3 Å². The van der Waals surface area contributed by atoms with Crippen molar-refractivity contribution in [3.8, 4) is 0 Å². The van der Waals surface area contributed by atoms with E-state index in [0.29, 0.717) is 30.3 Å². The van der Waals surface area contributed by atoms with Gasteiger partial charge in [-0.25, -0.2) is 0 Å². The Morgan fingerprint density at radius 1 is 1.03 bits per heavy atom. The number of nitrogens with two attached hydrogens (primary N) is 1. The first kappa shape index (κ1) is 23.5. The maximum Gasteiger partial charge on any atom is 0.248 e. The highest BCUT2D eigenvalue weighted by Crippen LogP contribution is 2.41. The minimum absolute atomic E-state index is 0.0215. The number of carbonyl (C=O) groups is 3. The molecule has 1 saturated carbocycles. The standard InChI is InChI=1S/C25H32N4O3/c1-3-29(15-14-22(30)27-21-12-10-20(11-13-21)25(26)32)16-23(31)28-24(19-8-9-19)18-6-4-17(2)5-7-18/h4-7,10-13,19,24H,3,8-9,14-16H2,1-2H3,(H2,26,32)(H,27,30)(H,28,31). The van der Waals surface area contributed by atoms with E-state index in [0.717, 1.165) is 18.4 Å². The van der Waals surface area contributed by atoms with Gasteiger partial charge >= 0.3 is 0 Å². The van der Waals surface area contributed by atoms with Crippen LogP contribution in [0, 0.1) is 12.8 Å². The van der Waals surface area contributed by atoms with Gasteiger partial charge in [-0.05, 0) is 62.1 Å². The fourth-order valence-corrected chi connectivity index (χ4v) is 3.65. The lowest BCUT2D eigenvalue weighted by Crippen LogP contribution is -2.40. The molecule has 0 spiro atoms. The first-order valence-corrected chi connectivity index (χ1v) is 11.1. The number of carbonyl (C=O) groups excluding carboxylic acids is 3. The molecule has 0 aliphatic heterocycles. The van der Waals surface area contributed by atoms with E-state index >= 15 is 0 Å². The monoisotopic (exact) mass is 436 g/mol. The molecule has 1 aliphatic rings. The summed E-state index contributed by atoms with van der Waals surface area (Å²) in [4.78, 5) is 38.1. The van der Waals surface area contributed by atoms with E-state index in [-0.39, 0.29) is 30.8 Å². The first-order valence-electron chi connectivity index (χ1n) is 11.1. The van der Waals surface area contributed by atoms with E-state index in [1.807, 2.05) is 11.8 Å². The lowest BCUT2D eigenvalue weighted by atomic mass is 10.0. The minimum atomic E-state index is -0.508. The predicted octanol–water partition coefficient (Wildman–Crippen LogP) is 3.01. The highest BCUT2D eigenvalue weighted by atomic mass is 16.2. The average molecular weight is 437 g/mol. The van der Waals surface area contributed by atoms with Gasteiger partial charge in [0.25, 0.3) is 0 Å². The summed E-state index contributed by atoms with van der Waals surface area (Å²) in [5, 5.41) is 6.01. The Kier molecular flexibility index (Phi) is 8.00. The van der Waals surface area contributed by atoms with Crippen molar-refractivity contribution in [2.75, 3.05) is 25.0 Å². The summed E-state index contributed by atoms with van der Waals surface area (Å²) in [6, 6.07) is 14.8. The van der Waals surface area contributed by atoms with Gasteiger partial charge < -0.3 is 16.4 Å². The normalized spacial score (nSPS) is 14.1. The van der Waals surface area contributed by atoms with E-state index in [1.54, 1.807) is 24.3 Å². The summed E-state index contributed by atoms with van der Waals surface area (Å²) < 4.78 is 0. The lowest BCUT2D eigenvalue weighted by molar-refractivity contribution is -0.124. The molecule has 4 N–H and O–H groups in total. The van der Waals surface area contributed by atoms with Gasteiger partial charge in [0, 0.05) is 24.2 Å². The van der Waals surface area contributed by atoms with Crippen LogP contribution in [0.2, 0.25) is 0 Å². The lowest BCUT2D eigenvalue weighted by Gasteiger charge is -2.23. The number of hydrogen-bond acceptors (Lipinski definition) is 4. The second-order valence-corrected chi connectivity index (χ2v) is 8.40. The number of aryl methyl sites for hydroxylation is 1. The maximum atomic E-state index is 12.7. The topological polar surface area (TPSA) is 105 Å². The van der Waals surface area contributed by atoms with Crippen LogP contribution >= 0.6 is 0 Å². The molecule has 2 aromatic carbocycles. The zero-order chi connectivity index (χ0) is 23.1. The van der Waals surface area contributed by atoms with Crippen LogP contribution in [-0.4, -0.2) is 42.3 Å². The van der Waals surface area contributed by atoms with Crippen LogP contribution < -0.4 is 16.4 Å². The van der Waals surface area contributed by atoms with Gasteiger partial charge in [0.2, 0.25) is 17.7 Å². The number of benzene rings is 2. The second kappa shape index (κ2) is 10.9. The fraction of sp³-hybridized carbons (Fsp3) is 0.400. The molecule has 2 aromatic rings.